The highest BCUT2D eigenvalue weighted by molar-refractivity contribution is 5.87. The lowest BCUT2D eigenvalue weighted by molar-refractivity contribution is -0.118. The molecule has 2 nitrogen and oxygen atoms in total. The Morgan fingerprint density at radius 2 is 2.05 bits per heavy atom. The second-order valence-corrected chi connectivity index (χ2v) is 5.32. The van der Waals surface area contributed by atoms with Crippen LogP contribution < -0.4 is 5.32 Å². The maximum atomic E-state index is 13.8. The van der Waals surface area contributed by atoms with Crippen LogP contribution in [0.25, 0.3) is 0 Å². The van der Waals surface area contributed by atoms with E-state index in [0.717, 1.165) is 12.1 Å². The molecule has 1 aromatic carbocycles. The van der Waals surface area contributed by atoms with Crippen molar-refractivity contribution in [1.29, 1.82) is 0 Å². The van der Waals surface area contributed by atoms with Crippen LogP contribution in [0.2, 0.25) is 0 Å². The van der Waals surface area contributed by atoms with Crippen molar-refractivity contribution in [1.82, 2.24) is 5.32 Å². The molecule has 0 radical (unpaired) electrons. The fraction of sp³-hybridized carbons (Fsp3) is 0.333. The van der Waals surface area contributed by atoms with Crippen LogP contribution in [0, 0.1) is 17.0 Å². The van der Waals surface area contributed by atoms with Crippen molar-refractivity contribution in [3.8, 4) is 0 Å². The Morgan fingerprint density at radius 3 is 2.53 bits per heavy atom. The molecule has 102 valence electrons. The average molecular weight is 265 g/mol. The van der Waals surface area contributed by atoms with E-state index < -0.39 is 29.0 Å². The lowest BCUT2D eigenvalue weighted by Gasteiger charge is -2.31. The van der Waals surface area contributed by atoms with Gasteiger partial charge in [0.15, 0.2) is 0 Å². The molecule has 0 fully saturated rings. The van der Waals surface area contributed by atoms with Gasteiger partial charge in [-0.2, -0.15) is 0 Å². The Hall–Kier alpha value is -1.93. The SMILES string of the molecule is C=C=CC(=O)NC(c1ccc(F)cc1F)C(C)(C)C. The smallest absolute Gasteiger partial charge is 0.252 e. The zero-order chi connectivity index (χ0) is 14.6. The van der Waals surface area contributed by atoms with Crippen LogP contribution in [0.5, 0.6) is 0 Å². The van der Waals surface area contributed by atoms with E-state index in [-0.39, 0.29) is 5.56 Å². The van der Waals surface area contributed by atoms with Crippen LogP contribution in [-0.4, -0.2) is 5.91 Å². The third-order valence-electron chi connectivity index (χ3n) is 2.66. The number of hydrogen-bond acceptors (Lipinski definition) is 1. The molecule has 19 heavy (non-hydrogen) atoms. The van der Waals surface area contributed by atoms with Gasteiger partial charge in [0.2, 0.25) is 0 Å². The average Bonchev–Trinajstić information content (AvgIpc) is 2.25. The van der Waals surface area contributed by atoms with Gasteiger partial charge < -0.3 is 5.32 Å². The molecule has 1 rings (SSSR count). The highest BCUT2D eigenvalue weighted by Crippen LogP contribution is 2.34. The molecule has 0 aliphatic heterocycles. The highest BCUT2D eigenvalue weighted by atomic mass is 19.1. The van der Waals surface area contributed by atoms with Crippen LogP contribution in [-0.2, 0) is 4.79 Å². The molecule has 0 saturated heterocycles. The van der Waals surface area contributed by atoms with E-state index in [0.29, 0.717) is 0 Å². The molecule has 1 unspecified atom stereocenters. The molecule has 1 aromatic rings. The number of rotatable bonds is 3. The van der Waals surface area contributed by atoms with E-state index in [2.05, 4.69) is 17.6 Å². The highest BCUT2D eigenvalue weighted by Gasteiger charge is 2.29. The number of nitrogens with one attached hydrogen (secondary N) is 1. The van der Waals surface area contributed by atoms with Gasteiger partial charge in [-0.3, -0.25) is 4.79 Å². The summed E-state index contributed by atoms with van der Waals surface area (Å²) < 4.78 is 26.8. The number of hydrogen-bond donors (Lipinski definition) is 1. The fourth-order valence-electron chi connectivity index (χ4n) is 1.77. The lowest BCUT2D eigenvalue weighted by atomic mass is 9.82. The Morgan fingerprint density at radius 1 is 1.42 bits per heavy atom. The van der Waals surface area contributed by atoms with E-state index in [4.69, 9.17) is 0 Å². The van der Waals surface area contributed by atoms with E-state index in [9.17, 15) is 13.6 Å². The normalized spacial score (nSPS) is 12.5. The van der Waals surface area contributed by atoms with E-state index in [1.165, 1.54) is 12.1 Å². The van der Waals surface area contributed by atoms with Gasteiger partial charge in [-0.05, 0) is 11.5 Å². The van der Waals surface area contributed by atoms with Gasteiger partial charge in [-0.15, -0.1) is 5.73 Å². The minimum Gasteiger partial charge on any atom is -0.345 e. The largest absolute Gasteiger partial charge is 0.345 e. The quantitative estimate of drug-likeness (QED) is 0.657. The molecule has 0 aliphatic rings. The van der Waals surface area contributed by atoms with E-state index in [1.807, 2.05) is 20.8 Å². The first-order chi connectivity index (χ1) is 8.75. The van der Waals surface area contributed by atoms with Gasteiger partial charge >= 0.3 is 0 Å². The van der Waals surface area contributed by atoms with Gasteiger partial charge in [0, 0.05) is 17.7 Å². The van der Waals surface area contributed by atoms with Gasteiger partial charge in [-0.1, -0.05) is 33.4 Å². The molecular formula is C15H17F2NO. The molecule has 0 bridgehead atoms. The molecule has 1 amide bonds. The second-order valence-electron chi connectivity index (χ2n) is 5.32. The van der Waals surface area contributed by atoms with Gasteiger partial charge in [0.05, 0.1) is 6.04 Å². The summed E-state index contributed by atoms with van der Waals surface area (Å²) in [6.45, 7) is 8.89. The molecule has 0 spiro atoms. The number of carbonyl (C=O) groups is 1. The van der Waals surface area contributed by atoms with Crippen molar-refractivity contribution < 1.29 is 13.6 Å². The summed E-state index contributed by atoms with van der Waals surface area (Å²) in [6.07, 6.45) is 1.14. The maximum absolute atomic E-state index is 13.8. The van der Waals surface area contributed by atoms with Crippen molar-refractivity contribution in [2.24, 2.45) is 5.41 Å². The molecule has 1 atom stereocenters. The lowest BCUT2D eigenvalue weighted by Crippen LogP contribution is -2.36. The van der Waals surface area contributed by atoms with Crippen molar-refractivity contribution in [3.05, 3.63) is 53.8 Å². The number of benzene rings is 1. The summed E-state index contributed by atoms with van der Waals surface area (Å²) in [5, 5.41) is 2.68. The Balaban J connectivity index is 3.17. The first kappa shape index (κ1) is 15.1. The predicted octanol–water partition coefficient (Wildman–Crippen LogP) is 3.51. The molecule has 0 saturated carbocycles. The van der Waals surface area contributed by atoms with Crippen molar-refractivity contribution in [2.75, 3.05) is 0 Å². The maximum Gasteiger partial charge on any atom is 0.252 e. The number of carbonyl (C=O) groups excluding carboxylic acids is 1. The predicted molar refractivity (Wildman–Crippen MR) is 70.4 cm³/mol. The molecular weight excluding hydrogens is 248 g/mol. The number of amides is 1. The van der Waals surface area contributed by atoms with Crippen molar-refractivity contribution in [3.63, 3.8) is 0 Å². The van der Waals surface area contributed by atoms with E-state index in [1.54, 1.807) is 0 Å². The van der Waals surface area contributed by atoms with Gasteiger partial charge in [0.1, 0.15) is 11.6 Å². The summed E-state index contributed by atoms with van der Waals surface area (Å²) in [5.41, 5.74) is 2.18. The summed E-state index contributed by atoms with van der Waals surface area (Å²) >= 11 is 0. The zero-order valence-electron chi connectivity index (χ0n) is 11.3. The minimum atomic E-state index is -0.678. The molecule has 1 N–H and O–H groups in total. The van der Waals surface area contributed by atoms with Crippen LogP contribution in [0.4, 0.5) is 8.78 Å². The number of halogens is 2. The molecule has 0 aromatic heterocycles. The Labute approximate surface area is 111 Å². The Kier molecular flexibility index (Phi) is 4.62. The molecule has 0 heterocycles. The van der Waals surface area contributed by atoms with Gasteiger partial charge in [0.25, 0.3) is 5.91 Å². The van der Waals surface area contributed by atoms with Crippen LogP contribution in [0.3, 0.4) is 0 Å². The summed E-state index contributed by atoms with van der Waals surface area (Å²) in [4.78, 5) is 11.6. The van der Waals surface area contributed by atoms with Crippen molar-refractivity contribution >= 4 is 5.91 Å². The third kappa shape index (κ3) is 4.04. The fourth-order valence-corrected chi connectivity index (χ4v) is 1.77. The first-order valence-corrected chi connectivity index (χ1v) is 5.87. The Bertz CT molecular complexity index is 525. The minimum absolute atomic E-state index is 0.250. The van der Waals surface area contributed by atoms with Crippen LogP contribution in [0.1, 0.15) is 32.4 Å². The van der Waals surface area contributed by atoms with Crippen LogP contribution in [0.15, 0.2) is 36.6 Å². The second kappa shape index (κ2) is 5.81. The third-order valence-corrected chi connectivity index (χ3v) is 2.66. The first-order valence-electron chi connectivity index (χ1n) is 5.87. The molecule has 0 aliphatic carbocycles. The monoisotopic (exact) mass is 265 g/mol. The van der Waals surface area contributed by atoms with Gasteiger partial charge in [-0.25, -0.2) is 8.78 Å². The van der Waals surface area contributed by atoms with E-state index >= 15 is 0 Å². The van der Waals surface area contributed by atoms with Crippen LogP contribution >= 0.6 is 0 Å². The van der Waals surface area contributed by atoms with Crippen molar-refractivity contribution in [2.45, 2.75) is 26.8 Å². The summed E-state index contributed by atoms with van der Waals surface area (Å²) in [6, 6.07) is 2.75. The standard InChI is InChI=1S/C15H17F2NO/c1-5-6-13(19)18-14(15(2,3)4)11-8-7-10(16)9-12(11)17/h6-9,14H,1H2,2-4H3,(H,18,19). The summed E-state index contributed by atoms with van der Waals surface area (Å²) in [5.74, 6) is -1.74. The zero-order valence-corrected chi connectivity index (χ0v) is 11.3. The summed E-state index contributed by atoms with van der Waals surface area (Å²) in [7, 11) is 0. The molecule has 4 heteroatoms. The topological polar surface area (TPSA) is 29.1 Å².